The van der Waals surface area contributed by atoms with Gasteiger partial charge in [-0.1, -0.05) is 6.58 Å². The fourth-order valence-corrected chi connectivity index (χ4v) is 2.18. The van der Waals surface area contributed by atoms with Gasteiger partial charge in [0, 0.05) is 17.5 Å². The largest absolute Gasteiger partial charge is 0.289 e. The van der Waals surface area contributed by atoms with Crippen molar-refractivity contribution in [3.05, 3.63) is 44.5 Å². The van der Waals surface area contributed by atoms with Crippen molar-refractivity contribution in [1.29, 1.82) is 0 Å². The fraction of sp³-hybridized carbons (Fsp3) is 0. The van der Waals surface area contributed by atoms with Gasteiger partial charge in [0.25, 0.3) is 5.69 Å². The molecular weight excluding hydrogens is 305 g/mol. The van der Waals surface area contributed by atoms with Gasteiger partial charge in [0.1, 0.15) is 5.82 Å². The second kappa shape index (κ2) is 4.30. The minimum atomic E-state index is -4.05. The molecule has 0 bridgehead atoms. The molecule has 0 aliphatic rings. The van der Waals surface area contributed by atoms with Crippen molar-refractivity contribution < 1.29 is 17.7 Å². The lowest BCUT2D eigenvalue weighted by atomic mass is 10.3. The number of hydrogen-bond donors (Lipinski definition) is 0. The van der Waals surface area contributed by atoms with Gasteiger partial charge in [-0.05, 0) is 15.9 Å². The Bertz CT molecular complexity index is 570. The van der Waals surface area contributed by atoms with Crippen molar-refractivity contribution in [3.63, 3.8) is 0 Å². The van der Waals surface area contributed by atoms with Gasteiger partial charge in [0.05, 0.1) is 9.40 Å². The third kappa shape index (κ3) is 2.27. The van der Waals surface area contributed by atoms with E-state index in [-0.39, 0.29) is 4.47 Å². The number of halogens is 2. The van der Waals surface area contributed by atoms with Gasteiger partial charge < -0.3 is 0 Å². The summed E-state index contributed by atoms with van der Waals surface area (Å²) in [7, 11) is -4.05. The molecule has 5 nitrogen and oxygen atoms in total. The molecule has 0 N–H and O–H groups in total. The molecule has 0 heterocycles. The van der Waals surface area contributed by atoms with Crippen LogP contribution in [0.25, 0.3) is 0 Å². The third-order valence-corrected chi connectivity index (χ3v) is 3.71. The van der Waals surface area contributed by atoms with E-state index in [9.17, 15) is 22.9 Å². The van der Waals surface area contributed by atoms with Crippen LogP contribution in [0.2, 0.25) is 0 Å². The smallest absolute Gasteiger partial charge is 0.258 e. The van der Waals surface area contributed by atoms with Crippen LogP contribution in [0.1, 0.15) is 0 Å². The molecule has 0 fully saturated rings. The highest BCUT2D eigenvalue weighted by atomic mass is 79.9. The molecule has 16 heavy (non-hydrogen) atoms. The Labute approximate surface area is 98.8 Å². The van der Waals surface area contributed by atoms with Gasteiger partial charge in [-0.25, -0.2) is 12.8 Å². The molecule has 0 aromatic heterocycles. The zero-order chi connectivity index (χ0) is 12.5. The Hall–Kier alpha value is -1.28. The number of nitro benzene ring substituents is 1. The van der Waals surface area contributed by atoms with Crippen molar-refractivity contribution in [2.45, 2.75) is 4.90 Å². The lowest BCUT2D eigenvalue weighted by Crippen LogP contribution is -2.03. The molecule has 0 spiro atoms. The second-order valence-electron chi connectivity index (χ2n) is 2.70. The van der Waals surface area contributed by atoms with Gasteiger partial charge in [-0.2, -0.15) is 0 Å². The maximum atomic E-state index is 13.1. The van der Waals surface area contributed by atoms with Crippen LogP contribution >= 0.6 is 15.9 Å². The van der Waals surface area contributed by atoms with E-state index in [1.54, 1.807) is 0 Å². The summed E-state index contributed by atoms with van der Waals surface area (Å²) in [6.07, 6.45) is 0. The van der Waals surface area contributed by atoms with E-state index in [1.165, 1.54) is 0 Å². The second-order valence-corrected chi connectivity index (χ2v) is 5.42. The highest BCUT2D eigenvalue weighted by Crippen LogP contribution is 2.30. The maximum Gasteiger partial charge on any atom is 0.289 e. The first kappa shape index (κ1) is 12.8. The average molecular weight is 310 g/mol. The third-order valence-electron chi connectivity index (χ3n) is 1.72. The molecule has 1 aromatic rings. The molecule has 0 radical (unpaired) electrons. The summed E-state index contributed by atoms with van der Waals surface area (Å²) in [6.45, 7) is 3.02. The standard InChI is InChI=1S/C8H5BrFNO4S/c1-2-16(14,15)8-4-6(10)5(9)3-7(8)11(12)13/h2-4H,1H2. The number of nitrogens with zero attached hydrogens (tertiary/aromatic N) is 1. The summed E-state index contributed by atoms with van der Waals surface area (Å²) in [5.74, 6) is -0.897. The summed E-state index contributed by atoms with van der Waals surface area (Å²) < 4.78 is 35.7. The molecule has 1 rings (SSSR count). The topological polar surface area (TPSA) is 77.3 Å². The molecule has 0 unspecified atom stereocenters. The van der Waals surface area contributed by atoms with E-state index in [4.69, 9.17) is 0 Å². The van der Waals surface area contributed by atoms with Crippen molar-refractivity contribution >= 4 is 31.5 Å². The Balaban J connectivity index is 3.68. The Kier molecular flexibility index (Phi) is 3.44. The van der Waals surface area contributed by atoms with E-state index in [0.29, 0.717) is 11.5 Å². The van der Waals surface area contributed by atoms with Crippen molar-refractivity contribution in [2.24, 2.45) is 0 Å². The monoisotopic (exact) mass is 309 g/mol. The van der Waals surface area contributed by atoms with Gasteiger partial charge in [0.2, 0.25) is 9.84 Å². The van der Waals surface area contributed by atoms with E-state index >= 15 is 0 Å². The average Bonchev–Trinajstić information content (AvgIpc) is 2.21. The quantitative estimate of drug-likeness (QED) is 0.634. The molecule has 0 aliphatic carbocycles. The zero-order valence-corrected chi connectivity index (χ0v) is 10.1. The van der Waals surface area contributed by atoms with Crippen molar-refractivity contribution in [2.75, 3.05) is 0 Å². The lowest BCUT2D eigenvalue weighted by Gasteiger charge is -2.02. The van der Waals surface area contributed by atoms with Gasteiger partial charge >= 0.3 is 0 Å². The molecule has 0 saturated heterocycles. The number of hydrogen-bond acceptors (Lipinski definition) is 4. The first-order valence-corrected chi connectivity index (χ1v) is 6.14. The maximum absolute atomic E-state index is 13.1. The molecule has 8 heteroatoms. The fourth-order valence-electron chi connectivity index (χ4n) is 0.978. The molecule has 0 saturated carbocycles. The predicted octanol–water partition coefficient (Wildman–Crippen LogP) is 2.41. The van der Waals surface area contributed by atoms with Crippen LogP contribution in [0.5, 0.6) is 0 Å². The minimum Gasteiger partial charge on any atom is -0.258 e. The number of benzene rings is 1. The molecule has 1 aromatic carbocycles. The van der Waals surface area contributed by atoms with Crippen LogP contribution in [0, 0.1) is 15.9 Å². The predicted molar refractivity (Wildman–Crippen MR) is 58.1 cm³/mol. The highest BCUT2D eigenvalue weighted by molar-refractivity contribution is 9.10. The van der Waals surface area contributed by atoms with E-state index in [1.807, 2.05) is 0 Å². The number of sulfone groups is 1. The molecule has 0 amide bonds. The van der Waals surface area contributed by atoms with Gasteiger partial charge in [-0.3, -0.25) is 10.1 Å². The summed E-state index contributed by atoms with van der Waals surface area (Å²) in [5.41, 5.74) is -0.701. The highest BCUT2D eigenvalue weighted by Gasteiger charge is 2.25. The van der Waals surface area contributed by atoms with Crippen molar-refractivity contribution in [3.8, 4) is 0 Å². The molecule has 0 atom stereocenters. The summed E-state index contributed by atoms with van der Waals surface area (Å²) >= 11 is 2.74. The lowest BCUT2D eigenvalue weighted by molar-refractivity contribution is -0.387. The SMILES string of the molecule is C=CS(=O)(=O)c1cc(F)c(Br)cc1[N+](=O)[O-]. The normalized spacial score (nSPS) is 11.1. The van der Waals surface area contributed by atoms with E-state index in [2.05, 4.69) is 22.5 Å². The van der Waals surface area contributed by atoms with Crippen LogP contribution in [0.4, 0.5) is 10.1 Å². The Morgan fingerprint density at radius 1 is 1.50 bits per heavy atom. The van der Waals surface area contributed by atoms with Crippen LogP contribution in [-0.4, -0.2) is 13.3 Å². The van der Waals surface area contributed by atoms with E-state index in [0.717, 1.165) is 6.07 Å². The number of rotatable bonds is 3. The zero-order valence-electron chi connectivity index (χ0n) is 7.68. The van der Waals surface area contributed by atoms with Crippen LogP contribution < -0.4 is 0 Å². The van der Waals surface area contributed by atoms with Gasteiger partial charge in [0.15, 0.2) is 4.90 Å². The summed E-state index contributed by atoms with van der Waals surface area (Å²) in [6, 6.07) is 1.38. The minimum absolute atomic E-state index is 0.179. The van der Waals surface area contributed by atoms with Gasteiger partial charge in [-0.15, -0.1) is 0 Å². The van der Waals surface area contributed by atoms with Crippen LogP contribution in [-0.2, 0) is 9.84 Å². The Morgan fingerprint density at radius 2 is 2.06 bits per heavy atom. The summed E-state index contributed by atoms with van der Waals surface area (Å²) in [5, 5.41) is 11.1. The molecule has 86 valence electrons. The number of nitro groups is 1. The summed E-state index contributed by atoms with van der Waals surface area (Å²) in [4.78, 5) is 8.99. The van der Waals surface area contributed by atoms with Crippen molar-refractivity contribution in [1.82, 2.24) is 0 Å². The first-order valence-electron chi connectivity index (χ1n) is 3.80. The van der Waals surface area contributed by atoms with E-state index < -0.39 is 31.2 Å². The molecular formula is C8H5BrFNO4S. The first-order chi connectivity index (χ1) is 7.29. The van der Waals surface area contributed by atoms with Crippen LogP contribution in [0.15, 0.2) is 33.5 Å². The molecule has 0 aliphatic heterocycles. The van der Waals surface area contributed by atoms with Crippen LogP contribution in [0.3, 0.4) is 0 Å². The Morgan fingerprint density at radius 3 is 2.50 bits per heavy atom.